The van der Waals surface area contributed by atoms with Crippen molar-refractivity contribution in [2.24, 2.45) is 0 Å². The molecule has 0 saturated carbocycles. The van der Waals surface area contributed by atoms with E-state index in [0.717, 1.165) is 22.2 Å². The van der Waals surface area contributed by atoms with Gasteiger partial charge in [-0.15, -0.1) is 0 Å². The van der Waals surface area contributed by atoms with Gasteiger partial charge in [0.25, 0.3) is 5.91 Å². The highest BCUT2D eigenvalue weighted by Gasteiger charge is 2.25. The fraction of sp³-hybridized carbons (Fsp3) is 0.167. The minimum atomic E-state index is -0.422. The molecular formula is C18H14F2N2O. The van der Waals surface area contributed by atoms with Crippen LogP contribution in [0.4, 0.5) is 8.78 Å². The molecule has 5 heteroatoms. The standard InChI is InChI=1S/C18H14F2N2O/c19-12-3-1-2-11(8-12)18(23)22-7-6-14-15-9-13(20)4-5-16(15)21-17(14)10-22/h1-5,8-9,21H,6-7,10H2. The van der Waals surface area contributed by atoms with Crippen LogP contribution >= 0.6 is 0 Å². The molecule has 2 heterocycles. The lowest BCUT2D eigenvalue weighted by Gasteiger charge is -2.27. The van der Waals surface area contributed by atoms with Crippen LogP contribution in [0.2, 0.25) is 0 Å². The number of nitrogens with zero attached hydrogens (tertiary/aromatic N) is 1. The van der Waals surface area contributed by atoms with E-state index < -0.39 is 5.82 Å². The lowest BCUT2D eigenvalue weighted by molar-refractivity contribution is 0.0732. The Balaban J connectivity index is 1.66. The normalized spacial score (nSPS) is 14.1. The van der Waals surface area contributed by atoms with Crippen LogP contribution in [0.5, 0.6) is 0 Å². The Hall–Kier alpha value is -2.69. The third-order valence-electron chi connectivity index (χ3n) is 4.30. The number of rotatable bonds is 1. The molecule has 0 fully saturated rings. The Morgan fingerprint density at radius 1 is 1.09 bits per heavy atom. The second kappa shape index (κ2) is 5.19. The smallest absolute Gasteiger partial charge is 0.254 e. The molecule has 23 heavy (non-hydrogen) atoms. The topological polar surface area (TPSA) is 36.1 Å². The summed E-state index contributed by atoms with van der Waals surface area (Å²) >= 11 is 0. The van der Waals surface area contributed by atoms with Crippen LogP contribution < -0.4 is 0 Å². The fourth-order valence-corrected chi connectivity index (χ4v) is 3.19. The van der Waals surface area contributed by atoms with Crippen LogP contribution in [0.1, 0.15) is 21.6 Å². The lowest BCUT2D eigenvalue weighted by Crippen LogP contribution is -2.35. The quantitative estimate of drug-likeness (QED) is 0.731. The third kappa shape index (κ3) is 2.38. The molecule has 116 valence electrons. The second-order valence-electron chi connectivity index (χ2n) is 5.76. The van der Waals surface area contributed by atoms with Gasteiger partial charge in [-0.3, -0.25) is 4.79 Å². The van der Waals surface area contributed by atoms with E-state index in [9.17, 15) is 13.6 Å². The predicted octanol–water partition coefficient (Wildman–Crippen LogP) is 3.64. The van der Waals surface area contributed by atoms with E-state index in [1.807, 2.05) is 0 Å². The Morgan fingerprint density at radius 3 is 2.74 bits per heavy atom. The number of fused-ring (bicyclic) bond motifs is 3. The summed E-state index contributed by atoms with van der Waals surface area (Å²) < 4.78 is 26.7. The molecule has 3 nitrogen and oxygen atoms in total. The van der Waals surface area contributed by atoms with E-state index in [1.165, 1.54) is 30.3 Å². The Morgan fingerprint density at radius 2 is 1.91 bits per heavy atom. The van der Waals surface area contributed by atoms with Gasteiger partial charge in [-0.2, -0.15) is 0 Å². The summed E-state index contributed by atoms with van der Waals surface area (Å²) in [6.45, 7) is 0.951. The van der Waals surface area contributed by atoms with Crippen LogP contribution in [0.25, 0.3) is 10.9 Å². The second-order valence-corrected chi connectivity index (χ2v) is 5.76. The van der Waals surface area contributed by atoms with Gasteiger partial charge in [-0.1, -0.05) is 6.07 Å². The maximum Gasteiger partial charge on any atom is 0.254 e. The zero-order valence-corrected chi connectivity index (χ0v) is 12.3. The summed E-state index contributed by atoms with van der Waals surface area (Å²) in [5.74, 6) is -0.882. The molecule has 0 atom stereocenters. The first kappa shape index (κ1) is 13.9. The first-order chi connectivity index (χ1) is 11.1. The van der Waals surface area contributed by atoms with Gasteiger partial charge in [0.05, 0.1) is 6.54 Å². The van der Waals surface area contributed by atoms with Crippen molar-refractivity contribution < 1.29 is 13.6 Å². The van der Waals surface area contributed by atoms with Gasteiger partial charge in [0, 0.05) is 28.7 Å². The summed E-state index contributed by atoms with van der Waals surface area (Å²) in [5, 5.41) is 0.873. The van der Waals surface area contributed by atoms with Gasteiger partial charge in [-0.05, 0) is 48.4 Å². The monoisotopic (exact) mass is 312 g/mol. The maximum absolute atomic E-state index is 13.4. The van der Waals surface area contributed by atoms with Gasteiger partial charge < -0.3 is 9.88 Å². The minimum Gasteiger partial charge on any atom is -0.357 e. The predicted molar refractivity (Wildman–Crippen MR) is 83.1 cm³/mol. The van der Waals surface area contributed by atoms with Crippen molar-refractivity contribution in [1.29, 1.82) is 0 Å². The van der Waals surface area contributed by atoms with Crippen molar-refractivity contribution in [3.63, 3.8) is 0 Å². The molecule has 4 rings (SSSR count). The zero-order valence-electron chi connectivity index (χ0n) is 12.3. The van der Waals surface area contributed by atoms with E-state index in [4.69, 9.17) is 0 Å². The zero-order chi connectivity index (χ0) is 16.0. The lowest BCUT2D eigenvalue weighted by atomic mass is 10.0. The number of benzene rings is 2. The van der Waals surface area contributed by atoms with Crippen molar-refractivity contribution in [2.45, 2.75) is 13.0 Å². The molecule has 0 aliphatic carbocycles. The van der Waals surface area contributed by atoms with Crippen molar-refractivity contribution in [3.8, 4) is 0 Å². The van der Waals surface area contributed by atoms with E-state index >= 15 is 0 Å². The number of amides is 1. The largest absolute Gasteiger partial charge is 0.357 e. The Kier molecular flexibility index (Phi) is 3.15. The molecular weight excluding hydrogens is 298 g/mol. The highest BCUT2D eigenvalue weighted by atomic mass is 19.1. The summed E-state index contributed by atoms with van der Waals surface area (Å²) in [4.78, 5) is 17.5. The molecule has 1 N–H and O–H groups in total. The number of carbonyl (C=O) groups is 1. The summed E-state index contributed by atoms with van der Waals surface area (Å²) in [7, 11) is 0. The van der Waals surface area contributed by atoms with Gasteiger partial charge >= 0.3 is 0 Å². The molecule has 3 aromatic rings. The Bertz CT molecular complexity index is 917. The highest BCUT2D eigenvalue weighted by molar-refractivity contribution is 5.94. The molecule has 1 amide bonds. The van der Waals surface area contributed by atoms with Crippen LogP contribution in [-0.2, 0) is 13.0 Å². The SMILES string of the molecule is O=C(c1cccc(F)c1)N1CCc2c([nH]c3ccc(F)cc23)C1. The van der Waals surface area contributed by atoms with E-state index in [1.54, 1.807) is 17.0 Å². The minimum absolute atomic E-state index is 0.194. The molecule has 0 spiro atoms. The molecule has 1 aliphatic heterocycles. The van der Waals surface area contributed by atoms with Gasteiger partial charge in [-0.25, -0.2) is 8.78 Å². The Labute approximate surface area is 131 Å². The van der Waals surface area contributed by atoms with Crippen molar-refractivity contribution in [2.75, 3.05) is 6.54 Å². The summed E-state index contributed by atoms with van der Waals surface area (Å²) in [6.07, 6.45) is 0.653. The molecule has 2 aromatic carbocycles. The fourth-order valence-electron chi connectivity index (χ4n) is 3.19. The third-order valence-corrected chi connectivity index (χ3v) is 4.30. The summed E-state index contributed by atoms with van der Waals surface area (Å²) in [5.41, 5.74) is 3.19. The van der Waals surface area contributed by atoms with Gasteiger partial charge in [0.1, 0.15) is 11.6 Å². The number of aromatic amines is 1. The maximum atomic E-state index is 13.4. The van der Waals surface area contributed by atoms with Gasteiger partial charge in [0.15, 0.2) is 0 Å². The number of carbonyl (C=O) groups excluding carboxylic acids is 1. The average molecular weight is 312 g/mol. The first-order valence-corrected chi connectivity index (χ1v) is 7.45. The average Bonchev–Trinajstić information content (AvgIpc) is 2.91. The molecule has 1 aliphatic rings. The van der Waals surface area contributed by atoms with Crippen LogP contribution in [0.15, 0.2) is 42.5 Å². The van der Waals surface area contributed by atoms with Gasteiger partial charge in [0.2, 0.25) is 0 Å². The van der Waals surface area contributed by atoms with Crippen molar-refractivity contribution in [1.82, 2.24) is 9.88 Å². The number of hydrogen-bond donors (Lipinski definition) is 1. The molecule has 0 radical (unpaired) electrons. The molecule has 0 unspecified atom stereocenters. The van der Waals surface area contributed by atoms with Crippen molar-refractivity contribution >= 4 is 16.8 Å². The number of nitrogens with one attached hydrogen (secondary N) is 1. The number of H-pyrrole nitrogens is 1. The highest BCUT2D eigenvalue weighted by Crippen LogP contribution is 2.28. The van der Waals surface area contributed by atoms with E-state index in [-0.39, 0.29) is 11.7 Å². The molecule has 0 saturated heterocycles. The van der Waals surface area contributed by atoms with E-state index in [0.29, 0.717) is 25.1 Å². The molecule has 1 aromatic heterocycles. The van der Waals surface area contributed by atoms with Crippen LogP contribution in [0, 0.1) is 11.6 Å². The van der Waals surface area contributed by atoms with E-state index in [2.05, 4.69) is 4.98 Å². The number of hydrogen-bond acceptors (Lipinski definition) is 1. The van der Waals surface area contributed by atoms with Crippen LogP contribution in [-0.4, -0.2) is 22.3 Å². The number of halogens is 2. The van der Waals surface area contributed by atoms with Crippen molar-refractivity contribution in [3.05, 3.63) is 70.9 Å². The number of aromatic nitrogens is 1. The summed E-state index contributed by atoms with van der Waals surface area (Å²) in [6, 6.07) is 10.4. The molecule has 0 bridgehead atoms. The first-order valence-electron chi connectivity index (χ1n) is 7.45. The van der Waals surface area contributed by atoms with Crippen LogP contribution in [0.3, 0.4) is 0 Å².